The van der Waals surface area contributed by atoms with Gasteiger partial charge < -0.3 is 61.3 Å². The number of amides is 7. The summed E-state index contributed by atoms with van der Waals surface area (Å²) in [6.45, 7) is 21.1. The molecule has 0 fully saturated rings. The van der Waals surface area contributed by atoms with Crippen molar-refractivity contribution in [2.45, 2.75) is 181 Å². The highest BCUT2D eigenvalue weighted by molar-refractivity contribution is 5.91. The number of hydrogen-bond donors (Lipinski definition) is 8. The summed E-state index contributed by atoms with van der Waals surface area (Å²) in [4.78, 5) is 89.1. The van der Waals surface area contributed by atoms with Crippen LogP contribution in [0.3, 0.4) is 0 Å². The number of rotatable bonds is 23. The number of aliphatic hydroxyl groups excluding tert-OH is 1. The van der Waals surface area contributed by atoms with Crippen molar-refractivity contribution < 1.29 is 57.6 Å². The molecule has 3 unspecified atom stereocenters. The van der Waals surface area contributed by atoms with Crippen LogP contribution in [0.5, 0.6) is 0 Å². The van der Waals surface area contributed by atoms with Gasteiger partial charge in [0.1, 0.15) is 40.5 Å². The average Bonchev–Trinajstić information content (AvgIpc) is 3.05. The molecule has 19 nitrogen and oxygen atoms in total. The van der Waals surface area contributed by atoms with Crippen molar-refractivity contribution in [1.29, 1.82) is 0 Å². The van der Waals surface area contributed by atoms with Crippen molar-refractivity contribution in [3.05, 3.63) is 0 Å². The summed E-state index contributed by atoms with van der Waals surface area (Å²) in [5.41, 5.74) is -2.92. The van der Waals surface area contributed by atoms with Gasteiger partial charge in [0.15, 0.2) is 0 Å². The van der Waals surface area contributed by atoms with Crippen molar-refractivity contribution in [3.8, 4) is 0 Å². The van der Waals surface area contributed by atoms with E-state index in [0.717, 1.165) is 0 Å². The van der Waals surface area contributed by atoms with E-state index in [2.05, 4.69) is 37.2 Å². The van der Waals surface area contributed by atoms with Crippen LogP contribution in [0.25, 0.3) is 0 Å². The van der Waals surface area contributed by atoms with Gasteiger partial charge in [-0.05, 0) is 141 Å². The summed E-state index contributed by atoms with van der Waals surface area (Å²) >= 11 is 0. The van der Waals surface area contributed by atoms with Gasteiger partial charge >= 0.3 is 24.4 Å². The summed E-state index contributed by atoms with van der Waals surface area (Å²) in [6, 6.07) is -3.05. The third-order valence-electron chi connectivity index (χ3n) is 7.45. The minimum Gasteiger partial charge on any atom is -0.444 e. The van der Waals surface area contributed by atoms with E-state index < -0.39 is 82.6 Å². The molecule has 0 bridgehead atoms. The first kappa shape index (κ1) is 54.4. The summed E-state index contributed by atoms with van der Waals surface area (Å²) < 4.78 is 21.2. The van der Waals surface area contributed by atoms with Crippen molar-refractivity contribution in [1.82, 2.24) is 37.2 Å². The second-order valence-corrected chi connectivity index (χ2v) is 18.1. The van der Waals surface area contributed by atoms with Crippen LogP contribution in [0.15, 0.2) is 0 Å². The molecular weight excluding hydrogens is 770 g/mol. The largest absolute Gasteiger partial charge is 0.444 e. The van der Waals surface area contributed by atoms with Crippen LogP contribution in [-0.4, -0.2) is 121 Å². The zero-order valence-corrected chi connectivity index (χ0v) is 37.6. The minimum atomic E-state index is -1.08. The summed E-state index contributed by atoms with van der Waals surface area (Å²) in [7, 11) is 0. The quantitative estimate of drug-likeness (QED) is 0.0536. The van der Waals surface area contributed by atoms with E-state index in [0.29, 0.717) is 45.1 Å². The second-order valence-electron chi connectivity index (χ2n) is 18.1. The molecular formula is C40H75N7O12. The number of hydrogen-bond acceptors (Lipinski definition) is 12. The Hall–Kier alpha value is -4.55. The molecule has 0 heterocycles. The van der Waals surface area contributed by atoms with Gasteiger partial charge in [0.05, 0.1) is 6.61 Å². The number of ether oxygens (including phenoxy) is 4. The molecule has 59 heavy (non-hydrogen) atoms. The van der Waals surface area contributed by atoms with E-state index in [-0.39, 0.29) is 45.5 Å². The Bertz CT molecular complexity index is 1330. The highest BCUT2D eigenvalue weighted by Gasteiger charge is 2.29. The molecule has 0 aliphatic heterocycles. The van der Waals surface area contributed by atoms with Crippen molar-refractivity contribution in [2.75, 3.05) is 32.8 Å². The standard InChI is InChI=1S/C40H75N7O12/c1-37(2,3)56-33(52)43-23-17-14-20-28(46-35(54)58-39(7,8)9)31(50)41-22-16-13-19-27(30(49)42-25-26-48)45-32(51)29(47-36(55)59-40(10,11)12)21-15-18-24-44-34(53)57-38(4,5)6/h27-29,48H,13-26H2,1-12H3,(H,41,50)(H,42,49)(H,43,52)(H,44,53)(H,45,51)(H,46,54)(H,47,55). The zero-order valence-electron chi connectivity index (χ0n) is 37.6. The van der Waals surface area contributed by atoms with E-state index in [1.165, 1.54) is 0 Å². The molecule has 0 aromatic rings. The van der Waals surface area contributed by atoms with Crippen LogP contribution in [-0.2, 0) is 33.3 Å². The van der Waals surface area contributed by atoms with Crippen LogP contribution in [0.4, 0.5) is 19.2 Å². The van der Waals surface area contributed by atoms with E-state index in [1.807, 2.05) is 0 Å². The van der Waals surface area contributed by atoms with Gasteiger partial charge in [-0.3, -0.25) is 14.4 Å². The van der Waals surface area contributed by atoms with Crippen LogP contribution >= 0.6 is 0 Å². The molecule has 0 spiro atoms. The molecule has 0 radical (unpaired) electrons. The van der Waals surface area contributed by atoms with Crippen LogP contribution in [0.1, 0.15) is 141 Å². The van der Waals surface area contributed by atoms with Crippen LogP contribution in [0.2, 0.25) is 0 Å². The summed E-state index contributed by atoms with van der Waals surface area (Å²) in [6.07, 6.45) is 0.532. The SMILES string of the molecule is CC(C)(C)OC(=O)NCCCCC(NC(=O)OC(C)(C)C)C(=O)NCCCCC(NC(=O)C(CCCCNC(=O)OC(C)(C)C)NC(=O)OC(C)(C)C)C(=O)NCCO. The number of carbonyl (C=O) groups is 7. The molecule has 0 saturated heterocycles. The maximum absolute atomic E-state index is 13.6. The zero-order chi connectivity index (χ0) is 45.5. The third kappa shape index (κ3) is 31.1. The summed E-state index contributed by atoms with van der Waals surface area (Å²) in [5, 5.41) is 27.9. The lowest BCUT2D eigenvalue weighted by atomic mass is 10.1. The van der Waals surface area contributed by atoms with Crippen molar-refractivity contribution >= 4 is 42.1 Å². The van der Waals surface area contributed by atoms with Gasteiger partial charge in [-0.1, -0.05) is 0 Å². The number of aliphatic hydroxyl groups is 1. The first-order valence-corrected chi connectivity index (χ1v) is 20.5. The molecule has 0 aromatic carbocycles. The lowest BCUT2D eigenvalue weighted by Crippen LogP contribution is -2.54. The normalized spacial score (nSPS) is 13.4. The highest BCUT2D eigenvalue weighted by Crippen LogP contribution is 2.12. The Kier molecular flexibility index (Phi) is 24.5. The topological polar surface area (TPSA) is 261 Å². The van der Waals surface area contributed by atoms with E-state index in [4.69, 9.17) is 18.9 Å². The van der Waals surface area contributed by atoms with E-state index >= 15 is 0 Å². The Morgan fingerprint density at radius 2 is 0.678 bits per heavy atom. The van der Waals surface area contributed by atoms with E-state index in [1.54, 1.807) is 83.1 Å². The fourth-order valence-corrected chi connectivity index (χ4v) is 5.05. The van der Waals surface area contributed by atoms with Gasteiger partial charge in [0, 0.05) is 26.2 Å². The fourth-order valence-electron chi connectivity index (χ4n) is 5.05. The maximum atomic E-state index is 13.6. The van der Waals surface area contributed by atoms with Gasteiger partial charge in [0.25, 0.3) is 0 Å². The Labute approximate surface area is 350 Å². The highest BCUT2D eigenvalue weighted by atomic mass is 16.6. The van der Waals surface area contributed by atoms with Gasteiger partial charge in [-0.2, -0.15) is 0 Å². The third-order valence-corrected chi connectivity index (χ3v) is 7.45. The molecule has 19 heteroatoms. The fraction of sp³-hybridized carbons (Fsp3) is 0.825. The predicted octanol–water partition coefficient (Wildman–Crippen LogP) is 4.04. The van der Waals surface area contributed by atoms with E-state index in [9.17, 15) is 38.7 Å². The molecule has 342 valence electrons. The Morgan fingerprint density at radius 3 is 1.02 bits per heavy atom. The van der Waals surface area contributed by atoms with Gasteiger partial charge in [-0.15, -0.1) is 0 Å². The Balaban J connectivity index is 5.51. The lowest BCUT2D eigenvalue weighted by Gasteiger charge is -2.25. The number of carbonyl (C=O) groups excluding carboxylic acids is 7. The number of unbranched alkanes of at least 4 members (excludes halogenated alkanes) is 3. The molecule has 0 aliphatic carbocycles. The molecule has 0 rings (SSSR count). The number of nitrogens with one attached hydrogen (secondary N) is 7. The predicted molar refractivity (Wildman–Crippen MR) is 221 cm³/mol. The number of alkyl carbamates (subject to hydrolysis) is 4. The second kappa shape index (κ2) is 26.5. The molecule has 7 amide bonds. The monoisotopic (exact) mass is 846 g/mol. The first-order chi connectivity index (χ1) is 27.1. The van der Waals surface area contributed by atoms with Crippen molar-refractivity contribution in [3.63, 3.8) is 0 Å². The van der Waals surface area contributed by atoms with Crippen LogP contribution < -0.4 is 37.2 Å². The van der Waals surface area contributed by atoms with Crippen LogP contribution in [0, 0.1) is 0 Å². The molecule has 0 aliphatic rings. The smallest absolute Gasteiger partial charge is 0.408 e. The average molecular weight is 846 g/mol. The lowest BCUT2D eigenvalue weighted by molar-refractivity contribution is -0.130. The molecule has 0 saturated carbocycles. The van der Waals surface area contributed by atoms with Crippen molar-refractivity contribution in [2.24, 2.45) is 0 Å². The Morgan fingerprint density at radius 1 is 0.390 bits per heavy atom. The summed E-state index contributed by atoms with van der Waals surface area (Å²) in [5.74, 6) is -1.62. The van der Waals surface area contributed by atoms with Gasteiger partial charge in [-0.25, -0.2) is 19.2 Å². The molecule has 0 aromatic heterocycles. The molecule has 3 atom stereocenters. The minimum absolute atomic E-state index is 0.0470. The molecule has 8 N–H and O–H groups in total. The first-order valence-electron chi connectivity index (χ1n) is 20.5. The van der Waals surface area contributed by atoms with Gasteiger partial charge in [0.2, 0.25) is 17.7 Å². The maximum Gasteiger partial charge on any atom is 0.408 e.